The van der Waals surface area contributed by atoms with Gasteiger partial charge in [-0.15, -0.1) is 0 Å². The number of azo groups is 2. The largest absolute Gasteiger partial charge is 0.311 e. The van der Waals surface area contributed by atoms with E-state index in [-0.39, 0.29) is 0 Å². The van der Waals surface area contributed by atoms with E-state index in [2.05, 4.69) is 103 Å². The van der Waals surface area contributed by atoms with Gasteiger partial charge in [-0.25, -0.2) is 4.48 Å². The van der Waals surface area contributed by atoms with E-state index in [9.17, 15) is 0 Å². The molecule has 0 spiro atoms. The van der Waals surface area contributed by atoms with Gasteiger partial charge in [0.25, 0.3) is 0 Å². The molecule has 4 aromatic rings. The number of hydrogen-bond acceptors (Lipinski definition) is 1. The standard InChI is InChI=1S/C24H21N3/c1-27(21-13-6-3-7-14-21)18-26(20-11-4-2-5-12-20)25-24-22-15-9-8-10-19(22)16-17-23(24)27/h2-17H,18H2,1H3/q+2. The molecule has 0 radical (unpaired) electrons. The smallest absolute Gasteiger partial charge is 0.202 e. The molecule has 0 saturated carbocycles. The van der Waals surface area contributed by atoms with E-state index in [0.29, 0.717) is 4.48 Å². The lowest BCUT2D eigenvalue weighted by atomic mass is 10.0. The van der Waals surface area contributed by atoms with Crippen LogP contribution in [0.5, 0.6) is 0 Å². The lowest BCUT2D eigenvalue weighted by Gasteiger charge is -2.33. The second kappa shape index (κ2) is 6.15. The Balaban J connectivity index is 1.82. The van der Waals surface area contributed by atoms with Gasteiger partial charge in [0.2, 0.25) is 5.69 Å². The lowest BCUT2D eigenvalue weighted by Crippen LogP contribution is -2.46. The van der Waals surface area contributed by atoms with Gasteiger partial charge in [0.1, 0.15) is 5.69 Å². The predicted octanol–water partition coefficient (Wildman–Crippen LogP) is 6.51. The fourth-order valence-corrected chi connectivity index (χ4v) is 3.96. The van der Waals surface area contributed by atoms with E-state index in [1.54, 1.807) is 0 Å². The molecule has 1 aliphatic heterocycles. The maximum atomic E-state index is 5.08. The minimum absolute atomic E-state index is 0.680. The first-order chi connectivity index (χ1) is 13.3. The highest BCUT2D eigenvalue weighted by atomic mass is 15.5. The predicted molar refractivity (Wildman–Crippen MR) is 111 cm³/mol. The molecule has 0 fully saturated rings. The van der Waals surface area contributed by atoms with Crippen LogP contribution in [0.4, 0.5) is 22.7 Å². The Hall–Kier alpha value is -3.30. The van der Waals surface area contributed by atoms with Gasteiger partial charge in [-0.2, -0.15) is 0 Å². The summed E-state index contributed by atoms with van der Waals surface area (Å²) < 4.78 is 2.81. The quantitative estimate of drug-likeness (QED) is 0.289. The molecule has 0 aromatic heterocycles. The SMILES string of the molecule is C[N+]1(c2ccccc2)C[N+](c2ccccc2)=Nc2c1ccc1ccccc21. The third-order valence-corrected chi connectivity index (χ3v) is 5.43. The molecule has 130 valence electrons. The maximum absolute atomic E-state index is 5.08. The van der Waals surface area contributed by atoms with Crippen LogP contribution in [0.25, 0.3) is 10.8 Å². The van der Waals surface area contributed by atoms with Crippen LogP contribution < -0.4 is 4.48 Å². The zero-order valence-corrected chi connectivity index (χ0v) is 15.3. The zero-order valence-electron chi connectivity index (χ0n) is 15.3. The highest BCUT2D eigenvalue weighted by Gasteiger charge is 2.42. The average Bonchev–Trinajstić information content (AvgIpc) is 2.75. The number of rotatable bonds is 2. The van der Waals surface area contributed by atoms with Gasteiger partial charge in [0.05, 0.1) is 7.05 Å². The van der Waals surface area contributed by atoms with Crippen LogP contribution in [-0.4, -0.2) is 18.4 Å². The minimum Gasteiger partial charge on any atom is -0.202 e. The molecule has 1 unspecified atom stereocenters. The van der Waals surface area contributed by atoms with Crippen LogP contribution in [0.2, 0.25) is 0 Å². The molecule has 0 bridgehead atoms. The third-order valence-electron chi connectivity index (χ3n) is 5.43. The van der Waals surface area contributed by atoms with Gasteiger partial charge in [0, 0.05) is 28.7 Å². The lowest BCUT2D eigenvalue weighted by molar-refractivity contribution is -0.527. The Labute approximate surface area is 159 Å². The van der Waals surface area contributed by atoms with Gasteiger partial charge in [-0.05, 0) is 28.3 Å². The van der Waals surface area contributed by atoms with E-state index in [1.165, 1.54) is 22.1 Å². The number of nitrogens with zero attached hydrogens (tertiary/aromatic N) is 3. The third kappa shape index (κ3) is 2.56. The minimum atomic E-state index is 0.680. The average molecular weight is 351 g/mol. The van der Waals surface area contributed by atoms with Gasteiger partial charge >= 0.3 is 6.67 Å². The number of fused-ring (bicyclic) bond motifs is 3. The van der Waals surface area contributed by atoms with Crippen molar-refractivity contribution in [3.8, 4) is 0 Å². The summed E-state index contributed by atoms with van der Waals surface area (Å²) in [7, 11) is 2.27. The van der Waals surface area contributed by atoms with E-state index >= 15 is 0 Å². The van der Waals surface area contributed by atoms with Crippen LogP contribution in [0.1, 0.15) is 0 Å². The maximum Gasteiger partial charge on any atom is 0.311 e. The van der Waals surface area contributed by atoms with Crippen molar-refractivity contribution in [3.63, 3.8) is 0 Å². The molecule has 1 aliphatic rings. The highest BCUT2D eigenvalue weighted by molar-refractivity contribution is 5.98. The van der Waals surface area contributed by atoms with E-state index in [0.717, 1.165) is 18.0 Å². The molecule has 0 aliphatic carbocycles. The van der Waals surface area contributed by atoms with Crippen LogP contribution in [-0.2, 0) is 0 Å². The number of quaternary nitrogens is 1. The highest BCUT2D eigenvalue weighted by Crippen LogP contribution is 2.46. The molecule has 1 heterocycles. The van der Waals surface area contributed by atoms with Gasteiger partial charge in [-0.1, -0.05) is 60.7 Å². The van der Waals surface area contributed by atoms with E-state index in [4.69, 9.17) is 5.11 Å². The van der Waals surface area contributed by atoms with E-state index < -0.39 is 0 Å². The number of benzene rings is 4. The molecule has 3 heteroatoms. The Morgan fingerprint density at radius 1 is 0.741 bits per heavy atom. The molecule has 5 rings (SSSR count). The molecule has 0 saturated heterocycles. The summed E-state index contributed by atoms with van der Waals surface area (Å²) in [6, 6.07) is 34.0. The topological polar surface area (TPSA) is 15.4 Å². The first-order valence-electron chi connectivity index (χ1n) is 9.23. The van der Waals surface area contributed by atoms with Crippen molar-refractivity contribution in [1.82, 2.24) is 4.48 Å². The molecular formula is C24H21N3+2. The van der Waals surface area contributed by atoms with Gasteiger partial charge < -0.3 is 0 Å². The van der Waals surface area contributed by atoms with Crippen LogP contribution in [0, 0.1) is 0 Å². The van der Waals surface area contributed by atoms with Gasteiger partial charge in [-0.3, -0.25) is 0 Å². The summed E-state index contributed by atoms with van der Waals surface area (Å²) >= 11 is 0. The Bertz CT molecular complexity index is 1150. The first-order valence-corrected chi connectivity index (χ1v) is 9.23. The summed E-state index contributed by atoms with van der Waals surface area (Å²) in [6.07, 6.45) is 0. The fraction of sp³-hybridized carbons (Fsp3) is 0.0833. The van der Waals surface area contributed by atoms with Crippen molar-refractivity contribution in [2.45, 2.75) is 0 Å². The molecule has 0 amide bonds. The van der Waals surface area contributed by atoms with Gasteiger partial charge in [0.15, 0.2) is 11.4 Å². The number of para-hydroxylation sites is 2. The second-order valence-electron chi connectivity index (χ2n) is 7.16. The monoisotopic (exact) mass is 351 g/mol. The molecular weight excluding hydrogens is 330 g/mol. The van der Waals surface area contributed by atoms with Crippen molar-refractivity contribution in [3.05, 3.63) is 97.1 Å². The molecule has 4 aromatic carbocycles. The van der Waals surface area contributed by atoms with Crippen molar-refractivity contribution in [2.24, 2.45) is 5.11 Å². The Morgan fingerprint density at radius 2 is 1.41 bits per heavy atom. The normalized spacial score (nSPS) is 18.8. The summed E-state index contributed by atoms with van der Waals surface area (Å²) in [5.74, 6) is 0. The molecule has 3 nitrogen and oxygen atoms in total. The second-order valence-corrected chi connectivity index (χ2v) is 7.16. The Morgan fingerprint density at radius 3 is 2.19 bits per heavy atom. The summed E-state index contributed by atoms with van der Waals surface area (Å²) in [6.45, 7) is 0.749. The van der Waals surface area contributed by atoms with Crippen molar-refractivity contribution in [1.29, 1.82) is 0 Å². The zero-order chi connectivity index (χ0) is 18.3. The molecule has 1 atom stereocenters. The summed E-state index contributed by atoms with van der Waals surface area (Å²) in [4.78, 5) is 0. The van der Waals surface area contributed by atoms with Crippen molar-refractivity contribution >= 4 is 33.5 Å². The van der Waals surface area contributed by atoms with Crippen molar-refractivity contribution in [2.75, 3.05) is 13.7 Å². The van der Waals surface area contributed by atoms with Crippen LogP contribution in [0.3, 0.4) is 0 Å². The van der Waals surface area contributed by atoms with Crippen LogP contribution >= 0.6 is 0 Å². The van der Waals surface area contributed by atoms with Crippen LogP contribution in [0.15, 0.2) is 102 Å². The number of hydrogen-bond donors (Lipinski definition) is 0. The summed E-state index contributed by atoms with van der Waals surface area (Å²) in [5, 5.41) is 7.49. The first kappa shape index (κ1) is 15.9. The molecule has 0 N–H and O–H groups in total. The van der Waals surface area contributed by atoms with Crippen molar-refractivity contribution < 1.29 is 4.70 Å². The Kier molecular flexibility index (Phi) is 3.62. The fourth-order valence-electron chi connectivity index (χ4n) is 3.96. The van der Waals surface area contributed by atoms with E-state index in [1.807, 2.05) is 6.07 Å². The summed E-state index contributed by atoms with van der Waals surface area (Å²) in [5.41, 5.74) is 4.64. The molecule has 27 heavy (non-hydrogen) atoms.